The topological polar surface area (TPSA) is 70.0 Å². The Morgan fingerprint density at radius 3 is 2.57 bits per heavy atom. The van der Waals surface area contributed by atoms with Crippen molar-refractivity contribution in [2.24, 2.45) is 0 Å². The van der Waals surface area contributed by atoms with E-state index in [1.807, 2.05) is 12.1 Å². The van der Waals surface area contributed by atoms with Gasteiger partial charge in [0.2, 0.25) is 0 Å². The zero-order chi connectivity index (χ0) is 24.4. The minimum Gasteiger partial charge on any atom is -0.369 e. The Morgan fingerprint density at radius 1 is 1.03 bits per heavy atom. The summed E-state index contributed by atoms with van der Waals surface area (Å²) in [5.41, 5.74) is 2.22. The molecular formula is C26H25ClFN5O2. The number of nitrogens with one attached hydrogen (secondary N) is 1. The van der Waals surface area contributed by atoms with Crippen molar-refractivity contribution in [3.63, 3.8) is 0 Å². The van der Waals surface area contributed by atoms with E-state index in [-0.39, 0.29) is 17.3 Å². The van der Waals surface area contributed by atoms with Crippen molar-refractivity contribution < 1.29 is 9.18 Å². The van der Waals surface area contributed by atoms with Crippen LogP contribution < -0.4 is 15.8 Å². The number of aromatic nitrogens is 2. The first-order valence-electron chi connectivity index (χ1n) is 11.6. The SMILES string of the molecule is O=C(NCCCN1CCN(c2ccc(F)cc2)CC1)c1ccc2nc3ccc(Cl)cc3c(=O)n2c1. The summed E-state index contributed by atoms with van der Waals surface area (Å²) in [6.07, 6.45) is 2.34. The first kappa shape index (κ1) is 23.3. The van der Waals surface area contributed by atoms with Crippen molar-refractivity contribution in [3.8, 4) is 0 Å². The van der Waals surface area contributed by atoms with Crippen molar-refractivity contribution in [1.29, 1.82) is 0 Å². The van der Waals surface area contributed by atoms with Crippen molar-refractivity contribution in [2.45, 2.75) is 6.42 Å². The standard InChI is InChI=1S/C26H25ClFN5O2/c27-19-3-8-23-22(16-19)26(35)33-17-18(2-9-24(33)30-23)25(34)29-10-1-11-31-12-14-32(15-13-31)21-6-4-20(28)5-7-21/h2-9,16-17H,1,10-15H2,(H,29,34). The summed E-state index contributed by atoms with van der Waals surface area (Å²) in [6.45, 7) is 5.03. The highest BCUT2D eigenvalue weighted by atomic mass is 35.5. The predicted molar refractivity (Wildman–Crippen MR) is 136 cm³/mol. The van der Waals surface area contributed by atoms with E-state index in [0.717, 1.165) is 44.8 Å². The van der Waals surface area contributed by atoms with Gasteiger partial charge in [0.25, 0.3) is 11.5 Å². The molecular weight excluding hydrogens is 469 g/mol. The molecule has 1 N–H and O–H groups in total. The second kappa shape index (κ2) is 10.0. The molecule has 5 rings (SSSR count). The van der Waals surface area contributed by atoms with Gasteiger partial charge < -0.3 is 10.2 Å². The van der Waals surface area contributed by atoms with Crippen molar-refractivity contribution in [3.05, 3.63) is 87.6 Å². The Bertz CT molecular complexity index is 1430. The van der Waals surface area contributed by atoms with Gasteiger partial charge in [-0.1, -0.05) is 11.6 Å². The summed E-state index contributed by atoms with van der Waals surface area (Å²) in [7, 11) is 0. The Hall–Kier alpha value is -3.49. The van der Waals surface area contributed by atoms with E-state index in [4.69, 9.17) is 11.6 Å². The molecule has 1 amide bonds. The van der Waals surface area contributed by atoms with Gasteiger partial charge in [0.15, 0.2) is 0 Å². The van der Waals surface area contributed by atoms with E-state index in [1.165, 1.54) is 22.7 Å². The fraction of sp³-hybridized carbons (Fsp3) is 0.269. The molecule has 1 saturated heterocycles. The number of pyridine rings is 1. The normalized spacial score (nSPS) is 14.5. The van der Waals surface area contributed by atoms with E-state index in [0.29, 0.717) is 33.7 Å². The maximum Gasteiger partial charge on any atom is 0.265 e. The number of benzene rings is 2. The fourth-order valence-corrected chi connectivity index (χ4v) is 4.57. The van der Waals surface area contributed by atoms with Crippen LogP contribution in [0.1, 0.15) is 16.8 Å². The van der Waals surface area contributed by atoms with Crippen LogP contribution in [0.5, 0.6) is 0 Å². The predicted octanol–water partition coefficient (Wildman–Crippen LogP) is 3.58. The van der Waals surface area contributed by atoms with E-state index < -0.39 is 0 Å². The first-order valence-corrected chi connectivity index (χ1v) is 12.0. The minimum absolute atomic E-state index is 0.222. The summed E-state index contributed by atoms with van der Waals surface area (Å²) in [4.78, 5) is 34.7. The number of anilines is 1. The third-order valence-corrected chi connectivity index (χ3v) is 6.57. The molecule has 0 aliphatic carbocycles. The summed E-state index contributed by atoms with van der Waals surface area (Å²) < 4.78 is 14.5. The van der Waals surface area contributed by atoms with E-state index in [9.17, 15) is 14.0 Å². The minimum atomic E-state index is -0.262. The lowest BCUT2D eigenvalue weighted by Crippen LogP contribution is -2.47. The molecule has 0 spiro atoms. The summed E-state index contributed by atoms with van der Waals surface area (Å²) in [6, 6.07) is 14.9. The summed E-state index contributed by atoms with van der Waals surface area (Å²) in [5, 5.41) is 3.81. The van der Waals surface area contributed by atoms with E-state index in [2.05, 4.69) is 20.1 Å². The third-order valence-electron chi connectivity index (χ3n) is 6.33. The Kier molecular flexibility index (Phi) is 6.66. The average Bonchev–Trinajstić information content (AvgIpc) is 2.88. The van der Waals surface area contributed by atoms with Crippen molar-refractivity contribution in [1.82, 2.24) is 19.6 Å². The molecule has 0 saturated carbocycles. The molecule has 180 valence electrons. The monoisotopic (exact) mass is 493 g/mol. The largest absolute Gasteiger partial charge is 0.369 e. The van der Waals surface area contributed by atoms with Gasteiger partial charge in [0, 0.05) is 49.6 Å². The number of nitrogens with zero attached hydrogens (tertiary/aromatic N) is 4. The number of fused-ring (bicyclic) bond motifs is 2. The molecule has 1 fully saturated rings. The number of halogens is 2. The van der Waals surface area contributed by atoms with Gasteiger partial charge in [-0.15, -0.1) is 0 Å². The van der Waals surface area contributed by atoms with Crippen molar-refractivity contribution >= 4 is 39.7 Å². The van der Waals surface area contributed by atoms with Crippen LogP contribution in [0.2, 0.25) is 5.02 Å². The van der Waals surface area contributed by atoms with E-state index >= 15 is 0 Å². The number of hydrogen-bond acceptors (Lipinski definition) is 5. The Balaban J connectivity index is 1.14. The molecule has 2 aromatic carbocycles. The number of rotatable bonds is 6. The van der Waals surface area contributed by atoms with Crippen LogP contribution in [-0.2, 0) is 0 Å². The number of hydrogen-bond donors (Lipinski definition) is 1. The van der Waals surface area contributed by atoms with Crippen LogP contribution in [0.15, 0.2) is 65.6 Å². The van der Waals surface area contributed by atoms with Crippen LogP contribution in [-0.4, -0.2) is 59.5 Å². The Morgan fingerprint density at radius 2 is 1.80 bits per heavy atom. The molecule has 4 aromatic rings. The van der Waals surface area contributed by atoms with Gasteiger partial charge in [-0.05, 0) is 67.6 Å². The zero-order valence-electron chi connectivity index (χ0n) is 19.1. The van der Waals surface area contributed by atoms with Gasteiger partial charge in [0.05, 0.1) is 16.5 Å². The lowest BCUT2D eigenvalue weighted by molar-refractivity contribution is 0.0951. The number of carbonyl (C=O) groups is 1. The third kappa shape index (κ3) is 5.13. The number of amides is 1. The Labute approximate surface area is 206 Å². The lowest BCUT2D eigenvalue weighted by Gasteiger charge is -2.36. The van der Waals surface area contributed by atoms with Gasteiger partial charge in [-0.25, -0.2) is 9.37 Å². The number of piperazine rings is 1. The molecule has 0 atom stereocenters. The maximum atomic E-state index is 13.1. The van der Waals surface area contributed by atoms with Crippen LogP contribution in [0.4, 0.5) is 10.1 Å². The molecule has 1 aliphatic rings. The quantitative estimate of drug-likeness (QED) is 0.328. The summed E-state index contributed by atoms with van der Waals surface area (Å²) in [5.74, 6) is -0.452. The van der Waals surface area contributed by atoms with Gasteiger partial charge in [-0.2, -0.15) is 0 Å². The zero-order valence-corrected chi connectivity index (χ0v) is 19.8. The molecule has 1 aliphatic heterocycles. The number of carbonyl (C=O) groups excluding carboxylic acids is 1. The second-order valence-electron chi connectivity index (χ2n) is 8.64. The maximum absolute atomic E-state index is 13.1. The molecule has 2 aromatic heterocycles. The van der Waals surface area contributed by atoms with Gasteiger partial charge in [0.1, 0.15) is 11.5 Å². The molecule has 9 heteroatoms. The second-order valence-corrected chi connectivity index (χ2v) is 9.08. The highest BCUT2D eigenvalue weighted by molar-refractivity contribution is 6.31. The van der Waals surface area contributed by atoms with Crippen LogP contribution in [0.25, 0.3) is 16.6 Å². The lowest BCUT2D eigenvalue weighted by atomic mass is 10.2. The molecule has 0 radical (unpaired) electrons. The first-order chi connectivity index (χ1) is 17.0. The van der Waals surface area contributed by atoms with Gasteiger partial charge in [-0.3, -0.25) is 18.9 Å². The van der Waals surface area contributed by atoms with Crippen LogP contribution >= 0.6 is 11.6 Å². The molecule has 7 nitrogen and oxygen atoms in total. The fourth-order valence-electron chi connectivity index (χ4n) is 4.40. The highest BCUT2D eigenvalue weighted by Crippen LogP contribution is 2.18. The van der Waals surface area contributed by atoms with Gasteiger partial charge >= 0.3 is 0 Å². The smallest absolute Gasteiger partial charge is 0.265 e. The molecule has 3 heterocycles. The van der Waals surface area contributed by atoms with Crippen LogP contribution in [0, 0.1) is 5.82 Å². The molecule has 35 heavy (non-hydrogen) atoms. The van der Waals surface area contributed by atoms with Crippen molar-refractivity contribution in [2.75, 3.05) is 44.2 Å². The summed E-state index contributed by atoms with van der Waals surface area (Å²) >= 11 is 6.03. The van der Waals surface area contributed by atoms with Crippen LogP contribution in [0.3, 0.4) is 0 Å². The average molecular weight is 494 g/mol. The highest BCUT2D eigenvalue weighted by Gasteiger charge is 2.17. The van der Waals surface area contributed by atoms with E-state index in [1.54, 1.807) is 30.3 Å². The molecule has 0 bridgehead atoms. The molecule has 0 unspecified atom stereocenters.